The van der Waals surface area contributed by atoms with Gasteiger partial charge in [-0.25, -0.2) is 10.9 Å². The van der Waals surface area contributed by atoms with Crippen molar-refractivity contribution in [3.8, 4) is 0 Å². The summed E-state index contributed by atoms with van der Waals surface area (Å²) >= 11 is 24.2. The van der Waals surface area contributed by atoms with Crippen LogP contribution >= 0.6 is 68.0 Å². The number of nitrogens with zero attached hydrogens (tertiary/aromatic N) is 2. The van der Waals surface area contributed by atoms with Crippen LogP contribution in [0.25, 0.3) is 0 Å². The van der Waals surface area contributed by atoms with E-state index in [0.29, 0.717) is 52.1 Å². The van der Waals surface area contributed by atoms with Gasteiger partial charge in [0.05, 0.1) is 28.6 Å². The molecule has 4 rings (SSSR count). The molecule has 0 aliphatic rings. The first kappa shape index (κ1) is 30.0. The fraction of sp³-hybridized carbons (Fsp3) is 0. The van der Waals surface area contributed by atoms with Crippen molar-refractivity contribution < 1.29 is 9.59 Å². The molecule has 0 aromatic heterocycles. The van der Waals surface area contributed by atoms with Gasteiger partial charge in [0.15, 0.2) is 0 Å². The summed E-state index contributed by atoms with van der Waals surface area (Å²) in [7, 11) is 2.67. The van der Waals surface area contributed by atoms with Gasteiger partial charge >= 0.3 is 0 Å². The van der Waals surface area contributed by atoms with Crippen molar-refractivity contribution in [2.45, 2.75) is 9.79 Å². The van der Waals surface area contributed by atoms with E-state index in [0.717, 1.165) is 0 Å². The zero-order valence-corrected chi connectivity index (χ0v) is 24.9. The van der Waals surface area contributed by atoms with Crippen LogP contribution in [0.3, 0.4) is 0 Å². The first-order chi connectivity index (χ1) is 19.3. The lowest BCUT2D eigenvalue weighted by Crippen LogP contribution is -2.18. The third-order valence-electron chi connectivity index (χ3n) is 5.14. The Hall–Kier alpha value is -2.98. The number of benzene rings is 4. The minimum Gasteiger partial charge on any atom is -0.267 e. The molecule has 40 heavy (non-hydrogen) atoms. The Balaban J connectivity index is 1.41. The first-order valence-electron chi connectivity index (χ1n) is 11.4. The van der Waals surface area contributed by atoms with Crippen molar-refractivity contribution >= 4 is 92.2 Å². The van der Waals surface area contributed by atoms with Gasteiger partial charge in [0, 0.05) is 36.0 Å². The number of carbonyl (C=O) groups is 2. The second-order valence-electron chi connectivity index (χ2n) is 7.89. The summed E-state index contributed by atoms with van der Waals surface area (Å²) < 4.78 is 0. The second-order valence-corrected chi connectivity index (χ2v) is 11.8. The predicted molar refractivity (Wildman–Crippen MR) is 168 cm³/mol. The average molecular weight is 648 g/mol. The summed E-state index contributed by atoms with van der Waals surface area (Å²) in [5.74, 6) is -0.801. The number of rotatable bonds is 9. The number of hydrogen-bond donors (Lipinski definition) is 2. The van der Waals surface area contributed by atoms with E-state index in [-0.39, 0.29) is 0 Å². The molecule has 0 fully saturated rings. The van der Waals surface area contributed by atoms with Crippen molar-refractivity contribution in [3.05, 3.63) is 127 Å². The molecule has 0 heterocycles. The maximum Gasteiger partial charge on any atom is 0.272 e. The summed E-state index contributed by atoms with van der Waals surface area (Å²) in [4.78, 5) is 27.1. The van der Waals surface area contributed by atoms with Crippen LogP contribution in [-0.2, 0) is 0 Å². The highest BCUT2D eigenvalue weighted by Crippen LogP contribution is 2.40. The molecule has 0 aliphatic carbocycles. The fourth-order valence-electron chi connectivity index (χ4n) is 3.20. The maximum atomic E-state index is 12.9. The molecular formula is C28H18Cl4N4O2S2. The SMILES string of the molecule is O=C(N/N=C/c1ccc(Cl)cc1Cl)c1ccccc1SSc1ccccc1C(=O)N/N=C/c1cc(Cl)ccc1Cl. The van der Waals surface area contributed by atoms with Gasteiger partial charge in [-0.05, 0) is 54.6 Å². The predicted octanol–water partition coefficient (Wildman–Crippen LogP) is 8.63. The fourth-order valence-corrected chi connectivity index (χ4v) is 6.37. The number of carbonyl (C=O) groups excluding carboxylic acids is 2. The Morgan fingerprint density at radius 3 is 1.68 bits per heavy atom. The highest BCUT2D eigenvalue weighted by molar-refractivity contribution is 8.76. The normalized spacial score (nSPS) is 11.2. The molecule has 4 aromatic carbocycles. The van der Waals surface area contributed by atoms with E-state index in [1.807, 2.05) is 24.3 Å². The Bertz CT molecular complexity index is 1620. The van der Waals surface area contributed by atoms with Gasteiger partial charge in [-0.1, -0.05) is 98.3 Å². The lowest BCUT2D eigenvalue weighted by Gasteiger charge is -2.10. The van der Waals surface area contributed by atoms with Crippen LogP contribution in [0.2, 0.25) is 20.1 Å². The van der Waals surface area contributed by atoms with Crippen LogP contribution in [0.4, 0.5) is 0 Å². The summed E-state index contributed by atoms with van der Waals surface area (Å²) in [6.45, 7) is 0. The molecule has 12 heteroatoms. The van der Waals surface area contributed by atoms with E-state index >= 15 is 0 Å². The van der Waals surface area contributed by atoms with Crippen molar-refractivity contribution in [3.63, 3.8) is 0 Å². The first-order valence-corrected chi connectivity index (χ1v) is 15.1. The largest absolute Gasteiger partial charge is 0.272 e. The van der Waals surface area contributed by atoms with E-state index < -0.39 is 11.8 Å². The van der Waals surface area contributed by atoms with E-state index in [9.17, 15) is 9.59 Å². The van der Waals surface area contributed by atoms with Crippen molar-refractivity contribution in [1.29, 1.82) is 0 Å². The molecule has 2 N–H and O–H groups in total. The average Bonchev–Trinajstić information content (AvgIpc) is 2.95. The van der Waals surface area contributed by atoms with Crippen molar-refractivity contribution in [1.82, 2.24) is 10.9 Å². The smallest absolute Gasteiger partial charge is 0.267 e. The van der Waals surface area contributed by atoms with Gasteiger partial charge in [-0.2, -0.15) is 10.2 Å². The summed E-state index contributed by atoms with van der Waals surface area (Å²) in [6, 6.07) is 24.1. The molecule has 0 atom stereocenters. The van der Waals surface area contributed by atoms with Crippen molar-refractivity contribution in [2.75, 3.05) is 0 Å². The third-order valence-corrected chi connectivity index (χ3v) is 8.77. The molecule has 2 amide bonds. The molecule has 4 aromatic rings. The van der Waals surface area contributed by atoms with Crippen LogP contribution in [0.5, 0.6) is 0 Å². The van der Waals surface area contributed by atoms with Gasteiger partial charge in [0.2, 0.25) is 0 Å². The van der Waals surface area contributed by atoms with Crippen LogP contribution in [0.15, 0.2) is 105 Å². The second kappa shape index (κ2) is 14.6. The van der Waals surface area contributed by atoms with Gasteiger partial charge in [-0.3, -0.25) is 9.59 Å². The lowest BCUT2D eigenvalue weighted by atomic mass is 10.2. The quantitative estimate of drug-likeness (QED) is 0.108. The van der Waals surface area contributed by atoms with Crippen LogP contribution in [-0.4, -0.2) is 24.2 Å². The number of amides is 2. The molecule has 0 spiro atoms. The van der Waals surface area contributed by atoms with E-state index in [4.69, 9.17) is 46.4 Å². The van der Waals surface area contributed by atoms with E-state index in [1.165, 1.54) is 34.0 Å². The van der Waals surface area contributed by atoms with E-state index in [1.54, 1.807) is 60.7 Å². The minimum atomic E-state index is -0.403. The molecular weight excluding hydrogens is 630 g/mol. The Morgan fingerprint density at radius 2 is 1.10 bits per heavy atom. The van der Waals surface area contributed by atoms with Gasteiger partial charge < -0.3 is 0 Å². The zero-order chi connectivity index (χ0) is 28.5. The van der Waals surface area contributed by atoms with Gasteiger partial charge in [0.1, 0.15) is 0 Å². The Labute approximate surface area is 258 Å². The van der Waals surface area contributed by atoms with Gasteiger partial charge in [-0.15, -0.1) is 0 Å². The standard InChI is InChI=1S/C28H18Cl4N4O2S2/c29-19-11-12-23(31)18(13-19)16-34-36-28(38)22-6-2-4-8-26(22)40-39-25-7-3-1-5-21(25)27(37)35-33-15-17-9-10-20(30)14-24(17)32/h1-16H,(H,35,37)(H,36,38)/b33-15+,34-16+. The molecule has 0 aliphatic heterocycles. The Morgan fingerprint density at radius 1 is 0.600 bits per heavy atom. The van der Waals surface area contributed by atoms with Gasteiger partial charge in [0.25, 0.3) is 11.8 Å². The highest BCUT2D eigenvalue weighted by atomic mass is 35.5. The number of nitrogens with one attached hydrogen (secondary N) is 2. The summed E-state index contributed by atoms with van der Waals surface area (Å²) in [5, 5.41) is 9.91. The molecule has 0 unspecified atom stereocenters. The van der Waals surface area contributed by atoms with Crippen molar-refractivity contribution in [2.24, 2.45) is 10.2 Å². The molecule has 6 nitrogen and oxygen atoms in total. The highest BCUT2D eigenvalue weighted by Gasteiger charge is 2.15. The molecule has 0 saturated heterocycles. The Kier molecular flexibility index (Phi) is 10.9. The zero-order valence-electron chi connectivity index (χ0n) is 20.3. The monoisotopic (exact) mass is 646 g/mol. The molecule has 202 valence electrons. The minimum absolute atomic E-state index is 0.398. The third kappa shape index (κ3) is 8.27. The topological polar surface area (TPSA) is 82.9 Å². The lowest BCUT2D eigenvalue weighted by molar-refractivity contribution is 0.0944. The van der Waals surface area contributed by atoms with Crippen LogP contribution in [0, 0.1) is 0 Å². The maximum absolute atomic E-state index is 12.9. The molecule has 0 saturated carbocycles. The summed E-state index contributed by atoms with van der Waals surface area (Å²) in [6.07, 6.45) is 2.87. The van der Waals surface area contributed by atoms with Crippen LogP contribution in [0.1, 0.15) is 31.8 Å². The van der Waals surface area contributed by atoms with E-state index in [2.05, 4.69) is 21.1 Å². The number of halogens is 4. The summed E-state index contributed by atoms with van der Waals surface area (Å²) in [5.41, 5.74) is 7.06. The number of hydrogen-bond acceptors (Lipinski definition) is 6. The molecule has 0 radical (unpaired) electrons. The van der Waals surface area contributed by atoms with Crippen LogP contribution < -0.4 is 10.9 Å². The number of hydrazone groups is 2. The molecule has 0 bridgehead atoms.